The molecule has 0 aliphatic heterocycles. The molecule has 1 aromatic heterocycles. The molecule has 4 heteroatoms. The van der Waals surface area contributed by atoms with Crippen molar-refractivity contribution >= 4 is 17.4 Å². The molecule has 4 rings (SSSR count). The highest BCUT2D eigenvalue weighted by molar-refractivity contribution is 5.98. The van der Waals surface area contributed by atoms with E-state index in [0.29, 0.717) is 11.7 Å². The number of benzene rings is 2. The zero-order chi connectivity index (χ0) is 17.8. The summed E-state index contributed by atoms with van der Waals surface area (Å²) in [5, 5.41) is 6.35. The molecule has 1 aliphatic carbocycles. The molecule has 0 unspecified atom stereocenters. The topological polar surface area (TPSA) is 54.0 Å². The molecule has 1 aliphatic rings. The fraction of sp³-hybridized carbons (Fsp3) is 0.182. The molecule has 1 saturated carbocycles. The van der Waals surface area contributed by atoms with Crippen LogP contribution >= 0.6 is 0 Å². The first-order valence-corrected chi connectivity index (χ1v) is 8.93. The number of pyridine rings is 1. The Morgan fingerprint density at radius 2 is 1.50 bits per heavy atom. The van der Waals surface area contributed by atoms with Gasteiger partial charge in [0.1, 0.15) is 5.82 Å². The molecule has 4 nitrogen and oxygen atoms in total. The Labute approximate surface area is 153 Å². The maximum absolute atomic E-state index is 13.0. The van der Waals surface area contributed by atoms with Crippen molar-refractivity contribution in [1.29, 1.82) is 0 Å². The van der Waals surface area contributed by atoms with Crippen molar-refractivity contribution in [2.45, 2.75) is 24.8 Å². The molecule has 0 radical (unpaired) electrons. The summed E-state index contributed by atoms with van der Waals surface area (Å²) in [7, 11) is 0. The Morgan fingerprint density at radius 1 is 0.885 bits per heavy atom. The van der Waals surface area contributed by atoms with Crippen LogP contribution in [0.15, 0.2) is 79.0 Å². The highest BCUT2D eigenvalue weighted by atomic mass is 16.1. The second kappa shape index (κ2) is 7.40. The first kappa shape index (κ1) is 16.3. The molecular formula is C22H21N3O. The van der Waals surface area contributed by atoms with Crippen molar-refractivity contribution in [3.8, 4) is 0 Å². The van der Waals surface area contributed by atoms with Crippen LogP contribution in [0.2, 0.25) is 0 Å². The van der Waals surface area contributed by atoms with Crippen LogP contribution in [0, 0.1) is 0 Å². The molecule has 2 N–H and O–H groups in total. The van der Waals surface area contributed by atoms with Gasteiger partial charge < -0.3 is 10.6 Å². The molecule has 0 spiro atoms. The largest absolute Gasteiger partial charge is 0.367 e. The van der Waals surface area contributed by atoms with Gasteiger partial charge in [0.2, 0.25) is 5.91 Å². The van der Waals surface area contributed by atoms with Gasteiger partial charge in [0.15, 0.2) is 0 Å². The number of hydrogen-bond donors (Lipinski definition) is 2. The van der Waals surface area contributed by atoms with E-state index in [2.05, 4.69) is 15.6 Å². The molecule has 0 saturated heterocycles. The molecule has 130 valence electrons. The number of aromatic nitrogens is 1. The fourth-order valence-electron chi connectivity index (χ4n) is 2.99. The minimum Gasteiger partial charge on any atom is -0.367 e. The second-order valence-electron chi connectivity index (χ2n) is 6.59. The van der Waals surface area contributed by atoms with Gasteiger partial charge in [-0.3, -0.25) is 4.79 Å². The Balaban J connectivity index is 1.54. The van der Waals surface area contributed by atoms with Crippen LogP contribution in [0.1, 0.15) is 29.9 Å². The number of rotatable bonds is 6. The second-order valence-corrected chi connectivity index (χ2v) is 6.59. The van der Waals surface area contributed by atoms with Crippen molar-refractivity contribution in [2.75, 3.05) is 10.6 Å². The smallest absolute Gasteiger partial charge is 0.236 e. The molecule has 1 amide bonds. The highest BCUT2D eigenvalue weighted by Gasteiger charge is 2.23. The van der Waals surface area contributed by atoms with E-state index >= 15 is 0 Å². The van der Waals surface area contributed by atoms with Gasteiger partial charge in [-0.2, -0.15) is 0 Å². The quantitative estimate of drug-likeness (QED) is 0.696. The van der Waals surface area contributed by atoms with Gasteiger partial charge >= 0.3 is 0 Å². The van der Waals surface area contributed by atoms with Gasteiger partial charge in [-0.15, -0.1) is 0 Å². The van der Waals surface area contributed by atoms with E-state index in [4.69, 9.17) is 0 Å². The molecule has 1 heterocycles. The summed E-state index contributed by atoms with van der Waals surface area (Å²) in [6, 6.07) is 24.0. The van der Waals surface area contributed by atoms with Crippen molar-refractivity contribution in [3.63, 3.8) is 0 Å². The van der Waals surface area contributed by atoms with Crippen molar-refractivity contribution in [1.82, 2.24) is 4.98 Å². The Hall–Kier alpha value is -3.14. The maximum atomic E-state index is 13.0. The number of nitrogens with one attached hydrogen (secondary N) is 2. The van der Waals surface area contributed by atoms with Crippen LogP contribution < -0.4 is 10.6 Å². The van der Waals surface area contributed by atoms with Crippen molar-refractivity contribution < 1.29 is 4.79 Å². The molecule has 26 heavy (non-hydrogen) atoms. The summed E-state index contributed by atoms with van der Waals surface area (Å²) >= 11 is 0. The van der Waals surface area contributed by atoms with Crippen LogP contribution in [0.3, 0.4) is 0 Å². The minimum atomic E-state index is -0.360. The van der Waals surface area contributed by atoms with Gasteiger partial charge in [0.25, 0.3) is 0 Å². The van der Waals surface area contributed by atoms with Crippen LogP contribution in [-0.2, 0) is 4.79 Å². The lowest BCUT2D eigenvalue weighted by Gasteiger charge is -2.18. The zero-order valence-corrected chi connectivity index (χ0v) is 14.4. The van der Waals surface area contributed by atoms with E-state index in [9.17, 15) is 4.79 Å². The molecule has 3 aromatic rings. The average molecular weight is 343 g/mol. The summed E-state index contributed by atoms with van der Waals surface area (Å²) < 4.78 is 0. The van der Waals surface area contributed by atoms with Crippen LogP contribution in [0.5, 0.6) is 0 Å². The predicted molar refractivity (Wildman–Crippen MR) is 104 cm³/mol. The van der Waals surface area contributed by atoms with Gasteiger partial charge in [0, 0.05) is 6.04 Å². The average Bonchev–Trinajstić information content (AvgIpc) is 3.49. The summed E-state index contributed by atoms with van der Waals surface area (Å²) in [6.45, 7) is 0. The third-order valence-electron chi connectivity index (χ3n) is 4.49. The minimum absolute atomic E-state index is 0.0629. The third kappa shape index (κ3) is 3.91. The van der Waals surface area contributed by atoms with E-state index in [0.717, 1.165) is 16.9 Å². The molecule has 0 atom stereocenters. The molecular weight excluding hydrogens is 322 g/mol. The highest BCUT2D eigenvalue weighted by Crippen LogP contribution is 2.27. The lowest BCUT2D eigenvalue weighted by atomic mass is 9.90. The number of amides is 1. The fourth-order valence-corrected chi connectivity index (χ4v) is 2.99. The normalized spacial score (nSPS) is 13.4. The monoisotopic (exact) mass is 343 g/mol. The summed E-state index contributed by atoms with van der Waals surface area (Å²) in [4.78, 5) is 17.4. The summed E-state index contributed by atoms with van der Waals surface area (Å²) in [5.74, 6) is 0.432. The zero-order valence-electron chi connectivity index (χ0n) is 14.4. The Bertz CT molecular complexity index is 819. The standard InChI is InChI=1S/C22H21N3O/c26-22(25-19-13-14-20(23-15-19)24-18-11-12-18)21(16-7-3-1-4-8-16)17-9-5-2-6-10-17/h1-10,13-15,18,21H,11-12H2,(H,23,24)(H,25,26). The van der Waals surface area contributed by atoms with Crippen molar-refractivity contribution in [2.24, 2.45) is 0 Å². The van der Waals surface area contributed by atoms with E-state index < -0.39 is 0 Å². The van der Waals surface area contributed by atoms with Crippen LogP contribution in [0.4, 0.5) is 11.5 Å². The lowest BCUT2D eigenvalue weighted by Crippen LogP contribution is -2.22. The van der Waals surface area contributed by atoms with Gasteiger partial charge in [-0.1, -0.05) is 60.7 Å². The number of anilines is 2. The van der Waals surface area contributed by atoms with E-state index in [1.54, 1.807) is 6.20 Å². The first-order chi connectivity index (χ1) is 12.8. The summed E-state index contributed by atoms with van der Waals surface area (Å²) in [6.07, 6.45) is 4.11. The maximum Gasteiger partial charge on any atom is 0.236 e. The number of carbonyl (C=O) groups excluding carboxylic acids is 1. The van der Waals surface area contributed by atoms with Gasteiger partial charge in [-0.25, -0.2) is 4.98 Å². The van der Waals surface area contributed by atoms with Crippen LogP contribution in [0.25, 0.3) is 0 Å². The third-order valence-corrected chi connectivity index (χ3v) is 4.49. The number of nitrogens with zero attached hydrogens (tertiary/aromatic N) is 1. The Morgan fingerprint density at radius 3 is 2.00 bits per heavy atom. The van der Waals surface area contributed by atoms with E-state index in [1.807, 2.05) is 72.8 Å². The SMILES string of the molecule is O=C(Nc1ccc(NC2CC2)nc1)C(c1ccccc1)c1ccccc1. The number of carbonyl (C=O) groups is 1. The van der Waals surface area contributed by atoms with Crippen LogP contribution in [-0.4, -0.2) is 16.9 Å². The van der Waals surface area contributed by atoms with Crippen molar-refractivity contribution in [3.05, 3.63) is 90.1 Å². The molecule has 0 bridgehead atoms. The van der Waals surface area contributed by atoms with Gasteiger partial charge in [-0.05, 0) is 36.1 Å². The van der Waals surface area contributed by atoms with Gasteiger partial charge in [0.05, 0.1) is 17.8 Å². The predicted octanol–water partition coefficient (Wildman–Crippen LogP) is 4.43. The Kier molecular flexibility index (Phi) is 4.65. The lowest BCUT2D eigenvalue weighted by molar-refractivity contribution is -0.116. The van der Waals surface area contributed by atoms with E-state index in [-0.39, 0.29) is 11.8 Å². The molecule has 2 aromatic carbocycles. The molecule has 1 fully saturated rings. The first-order valence-electron chi connectivity index (χ1n) is 8.93. The summed E-state index contributed by atoms with van der Waals surface area (Å²) in [5.41, 5.74) is 2.64. The number of hydrogen-bond acceptors (Lipinski definition) is 3. The van der Waals surface area contributed by atoms with E-state index in [1.165, 1.54) is 12.8 Å².